The number of nitrogens with one attached hydrogen (secondary N) is 1. The zero-order chi connectivity index (χ0) is 11.1. The van der Waals surface area contributed by atoms with Gasteiger partial charge in [-0.1, -0.05) is 6.92 Å². The Morgan fingerprint density at radius 1 is 1.40 bits per heavy atom. The van der Waals surface area contributed by atoms with Gasteiger partial charge in [0.2, 0.25) is 6.41 Å². The Hall–Kier alpha value is -1.71. The van der Waals surface area contributed by atoms with Crippen LogP contribution in [0.5, 0.6) is 11.5 Å². The van der Waals surface area contributed by atoms with E-state index in [1.807, 2.05) is 6.92 Å². The summed E-state index contributed by atoms with van der Waals surface area (Å²) in [5.41, 5.74) is 0.686. The summed E-state index contributed by atoms with van der Waals surface area (Å²) in [4.78, 5) is 10.2. The number of methoxy groups -OCH3 is 1. The first kappa shape index (κ1) is 11.4. The third-order valence-electron chi connectivity index (χ3n) is 1.85. The molecule has 1 amide bonds. The molecular formula is C11H15NO3. The van der Waals surface area contributed by atoms with Crippen molar-refractivity contribution < 1.29 is 14.3 Å². The molecule has 15 heavy (non-hydrogen) atoms. The van der Waals surface area contributed by atoms with E-state index >= 15 is 0 Å². The van der Waals surface area contributed by atoms with Gasteiger partial charge >= 0.3 is 0 Å². The molecule has 0 aliphatic carbocycles. The summed E-state index contributed by atoms with van der Waals surface area (Å²) in [7, 11) is 1.57. The Kier molecular flexibility index (Phi) is 4.47. The highest BCUT2D eigenvalue weighted by Crippen LogP contribution is 2.29. The van der Waals surface area contributed by atoms with E-state index in [1.165, 1.54) is 0 Å². The largest absolute Gasteiger partial charge is 0.493 e. The van der Waals surface area contributed by atoms with Crippen molar-refractivity contribution in [2.45, 2.75) is 13.3 Å². The van der Waals surface area contributed by atoms with Crippen molar-refractivity contribution in [2.75, 3.05) is 19.0 Å². The number of carbonyl (C=O) groups excluding carboxylic acids is 1. The first-order chi connectivity index (χ1) is 7.31. The maximum Gasteiger partial charge on any atom is 0.211 e. The van der Waals surface area contributed by atoms with Gasteiger partial charge in [-0.3, -0.25) is 4.79 Å². The van der Waals surface area contributed by atoms with Gasteiger partial charge in [-0.2, -0.15) is 0 Å². The van der Waals surface area contributed by atoms with Gasteiger partial charge in [0.15, 0.2) is 11.5 Å². The summed E-state index contributed by atoms with van der Waals surface area (Å²) in [6, 6.07) is 5.27. The van der Waals surface area contributed by atoms with E-state index in [1.54, 1.807) is 25.3 Å². The predicted octanol–water partition coefficient (Wildman–Crippen LogP) is 2.05. The fourth-order valence-corrected chi connectivity index (χ4v) is 1.16. The maximum atomic E-state index is 10.2. The second kappa shape index (κ2) is 5.90. The molecule has 0 spiro atoms. The first-order valence-corrected chi connectivity index (χ1v) is 4.82. The second-order valence-electron chi connectivity index (χ2n) is 2.98. The molecule has 0 unspecified atom stereocenters. The normalized spacial score (nSPS) is 9.47. The number of hydrogen-bond acceptors (Lipinski definition) is 3. The standard InChI is InChI=1S/C11H15NO3/c1-3-6-15-10-5-4-9(12-8-13)7-11(10)14-2/h4-5,7-8H,3,6H2,1-2H3,(H,12,13). The average Bonchev–Trinajstić information content (AvgIpc) is 2.27. The minimum atomic E-state index is 0.621. The van der Waals surface area contributed by atoms with Gasteiger partial charge < -0.3 is 14.8 Å². The van der Waals surface area contributed by atoms with Crippen LogP contribution in [0.4, 0.5) is 5.69 Å². The number of hydrogen-bond donors (Lipinski definition) is 1. The van der Waals surface area contributed by atoms with Crippen molar-refractivity contribution in [3.8, 4) is 11.5 Å². The zero-order valence-electron chi connectivity index (χ0n) is 8.95. The fraction of sp³-hybridized carbons (Fsp3) is 0.364. The van der Waals surface area contributed by atoms with Crippen molar-refractivity contribution in [1.29, 1.82) is 0 Å². The zero-order valence-corrected chi connectivity index (χ0v) is 8.95. The van der Waals surface area contributed by atoms with E-state index in [9.17, 15) is 4.79 Å². The molecule has 0 radical (unpaired) electrons. The first-order valence-electron chi connectivity index (χ1n) is 4.82. The van der Waals surface area contributed by atoms with Crippen LogP contribution in [0.25, 0.3) is 0 Å². The van der Waals surface area contributed by atoms with Gasteiger partial charge in [0.1, 0.15) is 0 Å². The highest BCUT2D eigenvalue weighted by Gasteiger charge is 2.04. The smallest absolute Gasteiger partial charge is 0.211 e. The van der Waals surface area contributed by atoms with Gasteiger partial charge in [0, 0.05) is 11.8 Å². The number of carbonyl (C=O) groups is 1. The minimum Gasteiger partial charge on any atom is -0.493 e. The molecule has 0 aromatic heterocycles. The topological polar surface area (TPSA) is 47.6 Å². The Morgan fingerprint density at radius 2 is 2.20 bits per heavy atom. The van der Waals surface area contributed by atoms with Crippen LogP contribution < -0.4 is 14.8 Å². The number of rotatable bonds is 6. The van der Waals surface area contributed by atoms with Crippen molar-refractivity contribution in [3.05, 3.63) is 18.2 Å². The van der Waals surface area contributed by atoms with Crippen LogP contribution in [0.2, 0.25) is 0 Å². The predicted molar refractivity (Wildman–Crippen MR) is 58.5 cm³/mol. The molecule has 0 aliphatic rings. The molecule has 1 aromatic rings. The lowest BCUT2D eigenvalue weighted by atomic mass is 10.3. The molecule has 0 bridgehead atoms. The molecule has 1 aromatic carbocycles. The monoisotopic (exact) mass is 209 g/mol. The summed E-state index contributed by atoms with van der Waals surface area (Å²) < 4.78 is 10.6. The van der Waals surface area contributed by atoms with E-state index in [0.717, 1.165) is 6.42 Å². The van der Waals surface area contributed by atoms with E-state index < -0.39 is 0 Å². The van der Waals surface area contributed by atoms with E-state index in [2.05, 4.69) is 5.32 Å². The van der Waals surface area contributed by atoms with Crippen LogP contribution in [0, 0.1) is 0 Å². The molecule has 0 fully saturated rings. The van der Waals surface area contributed by atoms with E-state index in [4.69, 9.17) is 9.47 Å². The van der Waals surface area contributed by atoms with Crippen molar-refractivity contribution >= 4 is 12.1 Å². The van der Waals surface area contributed by atoms with Gasteiger partial charge in [-0.05, 0) is 18.6 Å². The quantitative estimate of drug-likeness (QED) is 0.729. The Balaban J connectivity index is 2.82. The van der Waals surface area contributed by atoms with Gasteiger partial charge in [0.05, 0.1) is 13.7 Å². The second-order valence-corrected chi connectivity index (χ2v) is 2.98. The third-order valence-corrected chi connectivity index (χ3v) is 1.85. The molecule has 1 rings (SSSR count). The summed E-state index contributed by atoms with van der Waals surface area (Å²) in [5, 5.41) is 2.55. The lowest BCUT2D eigenvalue weighted by Crippen LogP contribution is -1.99. The van der Waals surface area contributed by atoms with Gasteiger partial charge in [-0.25, -0.2) is 0 Å². The highest BCUT2D eigenvalue weighted by molar-refractivity contribution is 5.72. The van der Waals surface area contributed by atoms with Crippen molar-refractivity contribution in [1.82, 2.24) is 0 Å². The molecule has 0 atom stereocenters. The molecule has 0 heterocycles. The van der Waals surface area contributed by atoms with Crippen LogP contribution >= 0.6 is 0 Å². The Morgan fingerprint density at radius 3 is 2.80 bits per heavy atom. The average molecular weight is 209 g/mol. The SMILES string of the molecule is CCCOc1ccc(NC=O)cc1OC. The van der Waals surface area contributed by atoms with Crippen LogP contribution in [0.3, 0.4) is 0 Å². The van der Waals surface area contributed by atoms with Crippen LogP contribution in [-0.4, -0.2) is 20.1 Å². The molecule has 0 saturated heterocycles. The molecule has 4 heteroatoms. The van der Waals surface area contributed by atoms with E-state index in [-0.39, 0.29) is 0 Å². The molecule has 82 valence electrons. The maximum absolute atomic E-state index is 10.2. The lowest BCUT2D eigenvalue weighted by molar-refractivity contribution is -0.105. The number of benzene rings is 1. The number of amides is 1. The Labute approximate surface area is 89.2 Å². The molecular weight excluding hydrogens is 194 g/mol. The van der Waals surface area contributed by atoms with Gasteiger partial charge in [0.25, 0.3) is 0 Å². The summed E-state index contributed by atoms with van der Waals surface area (Å²) >= 11 is 0. The molecule has 4 nitrogen and oxygen atoms in total. The van der Waals surface area contributed by atoms with Crippen molar-refractivity contribution in [2.24, 2.45) is 0 Å². The summed E-state index contributed by atoms with van der Waals surface area (Å²) in [6.07, 6.45) is 1.57. The summed E-state index contributed by atoms with van der Waals surface area (Å²) in [6.45, 7) is 2.69. The number of ether oxygens (including phenoxy) is 2. The molecule has 1 N–H and O–H groups in total. The fourth-order valence-electron chi connectivity index (χ4n) is 1.16. The highest BCUT2D eigenvalue weighted by atomic mass is 16.5. The van der Waals surface area contributed by atoms with Gasteiger partial charge in [-0.15, -0.1) is 0 Å². The summed E-state index contributed by atoms with van der Waals surface area (Å²) in [5.74, 6) is 1.31. The van der Waals surface area contributed by atoms with Crippen LogP contribution in [-0.2, 0) is 4.79 Å². The third kappa shape index (κ3) is 3.16. The molecule has 0 saturated carbocycles. The Bertz CT molecular complexity index is 326. The van der Waals surface area contributed by atoms with Crippen LogP contribution in [0.1, 0.15) is 13.3 Å². The van der Waals surface area contributed by atoms with Crippen molar-refractivity contribution in [3.63, 3.8) is 0 Å². The molecule has 0 aliphatic heterocycles. The lowest BCUT2D eigenvalue weighted by Gasteiger charge is -2.10. The minimum absolute atomic E-state index is 0.621. The number of anilines is 1. The van der Waals surface area contributed by atoms with E-state index in [0.29, 0.717) is 30.2 Å². The van der Waals surface area contributed by atoms with Crippen LogP contribution in [0.15, 0.2) is 18.2 Å².